The number of nitrogens with zero attached hydrogens (tertiary/aromatic N) is 2. The summed E-state index contributed by atoms with van der Waals surface area (Å²) in [5, 5.41) is 5.23. The second-order valence-corrected chi connectivity index (χ2v) is 6.68. The highest BCUT2D eigenvalue weighted by molar-refractivity contribution is 7.14. The van der Waals surface area contributed by atoms with Crippen molar-refractivity contribution in [1.29, 1.82) is 0 Å². The smallest absolute Gasteiger partial charge is 0.260 e. The number of carbonyl (C=O) groups excluding carboxylic acids is 2. The van der Waals surface area contributed by atoms with Gasteiger partial charge in [-0.15, -0.1) is 17.9 Å². The number of anilines is 2. The number of nitrogens with one attached hydrogen (secondary N) is 1. The molecule has 0 aliphatic rings. The first-order valence-corrected chi connectivity index (χ1v) is 9.28. The first kappa shape index (κ1) is 18.5. The summed E-state index contributed by atoms with van der Waals surface area (Å²) in [6.07, 6.45) is 1.67. The Morgan fingerprint density at radius 1 is 1.19 bits per heavy atom. The molecule has 0 bridgehead atoms. The van der Waals surface area contributed by atoms with Gasteiger partial charge in [0.05, 0.1) is 5.69 Å². The van der Waals surface area contributed by atoms with Crippen LogP contribution in [0.2, 0.25) is 0 Å². The lowest BCUT2D eigenvalue weighted by Gasteiger charge is -2.18. The van der Waals surface area contributed by atoms with Gasteiger partial charge < -0.3 is 5.32 Å². The molecule has 1 heterocycles. The van der Waals surface area contributed by atoms with Gasteiger partial charge in [0.25, 0.3) is 5.91 Å². The molecule has 0 spiro atoms. The average molecular weight is 377 g/mol. The Balaban J connectivity index is 1.89. The van der Waals surface area contributed by atoms with Gasteiger partial charge in [-0.3, -0.25) is 14.5 Å². The molecule has 5 nitrogen and oxygen atoms in total. The number of thiazole rings is 1. The number of amides is 2. The van der Waals surface area contributed by atoms with E-state index < -0.39 is 0 Å². The molecule has 0 atom stereocenters. The van der Waals surface area contributed by atoms with Crippen LogP contribution in [0.25, 0.3) is 11.3 Å². The summed E-state index contributed by atoms with van der Waals surface area (Å²) >= 11 is 1.41. The van der Waals surface area contributed by atoms with E-state index in [1.54, 1.807) is 35.2 Å². The van der Waals surface area contributed by atoms with Gasteiger partial charge in [0.1, 0.15) is 0 Å². The highest BCUT2D eigenvalue weighted by Crippen LogP contribution is 2.28. The Morgan fingerprint density at radius 3 is 2.67 bits per heavy atom. The molecule has 6 heteroatoms. The first-order chi connectivity index (χ1) is 13.1. The summed E-state index contributed by atoms with van der Waals surface area (Å²) in [4.78, 5) is 30.5. The number of aromatic nitrogens is 1. The maximum Gasteiger partial charge on any atom is 0.260 e. The van der Waals surface area contributed by atoms with Crippen molar-refractivity contribution in [3.8, 4) is 11.3 Å². The fraction of sp³-hybridized carbons (Fsp3) is 0.0952. The molecular formula is C21H19N3O2S. The molecule has 3 rings (SSSR count). The Morgan fingerprint density at radius 2 is 1.96 bits per heavy atom. The third kappa shape index (κ3) is 4.48. The Hall–Kier alpha value is -3.25. The largest absolute Gasteiger partial charge is 0.326 e. The van der Waals surface area contributed by atoms with Gasteiger partial charge in [-0.05, 0) is 18.2 Å². The highest BCUT2D eigenvalue weighted by Gasteiger charge is 2.20. The predicted octanol–water partition coefficient (Wildman–Crippen LogP) is 4.60. The minimum absolute atomic E-state index is 0.185. The molecule has 1 N–H and O–H groups in total. The number of hydrogen-bond donors (Lipinski definition) is 1. The van der Waals surface area contributed by atoms with Crippen molar-refractivity contribution in [3.05, 3.63) is 78.2 Å². The van der Waals surface area contributed by atoms with Crippen LogP contribution < -0.4 is 10.2 Å². The fourth-order valence-electron chi connectivity index (χ4n) is 2.60. The van der Waals surface area contributed by atoms with Crippen molar-refractivity contribution in [3.63, 3.8) is 0 Å². The summed E-state index contributed by atoms with van der Waals surface area (Å²) < 4.78 is 0. The Bertz CT molecular complexity index is 966. The monoisotopic (exact) mass is 377 g/mol. The van der Waals surface area contributed by atoms with E-state index in [9.17, 15) is 9.59 Å². The number of hydrogen-bond acceptors (Lipinski definition) is 4. The van der Waals surface area contributed by atoms with Crippen molar-refractivity contribution in [2.24, 2.45) is 0 Å². The molecule has 2 aromatic carbocycles. The molecule has 1 aromatic heterocycles. The molecule has 0 radical (unpaired) electrons. The average Bonchev–Trinajstić information content (AvgIpc) is 3.16. The fourth-order valence-corrected chi connectivity index (χ4v) is 3.44. The van der Waals surface area contributed by atoms with Crippen LogP contribution >= 0.6 is 11.3 Å². The van der Waals surface area contributed by atoms with E-state index in [2.05, 4.69) is 16.9 Å². The molecule has 2 amide bonds. The van der Waals surface area contributed by atoms with Gasteiger partial charge in [-0.25, -0.2) is 4.98 Å². The summed E-state index contributed by atoms with van der Waals surface area (Å²) in [5.74, 6) is -0.383. The molecule has 0 saturated heterocycles. The van der Waals surface area contributed by atoms with Crippen LogP contribution in [0.15, 0.2) is 72.6 Å². The van der Waals surface area contributed by atoms with Gasteiger partial charge >= 0.3 is 0 Å². The molecule has 0 aliphatic carbocycles. The third-order valence-electron chi connectivity index (χ3n) is 3.78. The zero-order valence-corrected chi connectivity index (χ0v) is 15.7. The summed E-state index contributed by atoms with van der Waals surface area (Å²) in [6.45, 7) is 5.52. The lowest BCUT2D eigenvalue weighted by atomic mass is 10.1. The van der Waals surface area contributed by atoms with E-state index in [0.29, 0.717) is 22.9 Å². The van der Waals surface area contributed by atoms with Gasteiger partial charge in [0.15, 0.2) is 5.13 Å². The van der Waals surface area contributed by atoms with Crippen LogP contribution in [0.5, 0.6) is 0 Å². The lowest BCUT2D eigenvalue weighted by molar-refractivity contribution is -0.114. The van der Waals surface area contributed by atoms with E-state index in [4.69, 9.17) is 0 Å². The minimum Gasteiger partial charge on any atom is -0.326 e. The topological polar surface area (TPSA) is 62.3 Å². The van der Waals surface area contributed by atoms with E-state index >= 15 is 0 Å². The van der Waals surface area contributed by atoms with Crippen LogP contribution in [0.4, 0.5) is 10.8 Å². The van der Waals surface area contributed by atoms with Crippen LogP contribution in [0, 0.1) is 0 Å². The van der Waals surface area contributed by atoms with E-state index in [-0.39, 0.29) is 11.8 Å². The molecule has 0 saturated carbocycles. The van der Waals surface area contributed by atoms with Gasteiger partial charge in [-0.2, -0.15) is 0 Å². The van der Waals surface area contributed by atoms with Gasteiger partial charge in [-0.1, -0.05) is 42.5 Å². The third-order valence-corrected chi connectivity index (χ3v) is 4.64. The Labute approximate surface area is 162 Å². The second kappa shape index (κ2) is 8.42. The molecule has 0 unspecified atom stereocenters. The van der Waals surface area contributed by atoms with E-state index in [1.807, 2.05) is 35.7 Å². The lowest BCUT2D eigenvalue weighted by Crippen LogP contribution is -2.31. The predicted molar refractivity (Wildman–Crippen MR) is 110 cm³/mol. The van der Waals surface area contributed by atoms with Crippen LogP contribution in [-0.2, 0) is 4.79 Å². The normalized spacial score (nSPS) is 10.3. The standard InChI is InChI=1S/C21H19N3O2S/c1-3-12-24(20(26)17-10-7-11-18(13-17)22-15(2)25)21-23-19(14-27-21)16-8-5-4-6-9-16/h3-11,13-14H,1,12H2,2H3,(H,22,25). The van der Waals surface area contributed by atoms with E-state index in [0.717, 1.165) is 11.3 Å². The maximum atomic E-state index is 13.1. The molecule has 136 valence electrons. The molecule has 27 heavy (non-hydrogen) atoms. The van der Waals surface area contributed by atoms with Crippen molar-refractivity contribution in [2.45, 2.75) is 6.92 Å². The summed E-state index contributed by atoms with van der Waals surface area (Å²) in [6, 6.07) is 16.7. The van der Waals surface area contributed by atoms with Gasteiger partial charge in [0, 0.05) is 35.7 Å². The SMILES string of the molecule is C=CCN(C(=O)c1cccc(NC(C)=O)c1)c1nc(-c2ccccc2)cs1. The van der Waals surface area contributed by atoms with Crippen LogP contribution in [-0.4, -0.2) is 23.3 Å². The molecule has 3 aromatic rings. The van der Waals surface area contributed by atoms with Crippen LogP contribution in [0.1, 0.15) is 17.3 Å². The second-order valence-electron chi connectivity index (χ2n) is 5.85. The molecular weight excluding hydrogens is 358 g/mol. The van der Waals surface area contributed by atoms with E-state index in [1.165, 1.54) is 18.3 Å². The molecule has 0 fully saturated rings. The summed E-state index contributed by atoms with van der Waals surface area (Å²) in [5.41, 5.74) is 2.87. The molecule has 0 aliphatic heterocycles. The number of carbonyl (C=O) groups is 2. The quantitative estimate of drug-likeness (QED) is 0.639. The van der Waals surface area contributed by atoms with Crippen molar-refractivity contribution < 1.29 is 9.59 Å². The van der Waals surface area contributed by atoms with Crippen molar-refractivity contribution in [2.75, 3.05) is 16.8 Å². The van der Waals surface area contributed by atoms with Crippen molar-refractivity contribution in [1.82, 2.24) is 4.98 Å². The number of benzene rings is 2. The minimum atomic E-state index is -0.198. The van der Waals surface area contributed by atoms with Crippen LogP contribution in [0.3, 0.4) is 0 Å². The van der Waals surface area contributed by atoms with Gasteiger partial charge in [0.2, 0.25) is 5.91 Å². The van der Waals surface area contributed by atoms with Crippen molar-refractivity contribution >= 4 is 34.0 Å². The zero-order valence-electron chi connectivity index (χ0n) is 14.9. The highest BCUT2D eigenvalue weighted by atomic mass is 32.1. The zero-order chi connectivity index (χ0) is 19.2. The Kier molecular flexibility index (Phi) is 5.78. The maximum absolute atomic E-state index is 13.1. The number of rotatable bonds is 6. The summed E-state index contributed by atoms with van der Waals surface area (Å²) in [7, 11) is 0. The first-order valence-electron chi connectivity index (χ1n) is 8.40.